The van der Waals surface area contributed by atoms with Crippen LogP contribution in [0.15, 0.2) is 17.2 Å². The number of hydrogen-bond acceptors (Lipinski definition) is 2. The van der Waals surface area contributed by atoms with Crippen molar-refractivity contribution in [3.63, 3.8) is 0 Å². The van der Waals surface area contributed by atoms with Gasteiger partial charge in [-0.15, -0.1) is 0 Å². The number of hydrogen-bond donors (Lipinski definition) is 1. The summed E-state index contributed by atoms with van der Waals surface area (Å²) in [7, 11) is 0. The molecule has 0 bridgehead atoms. The fourth-order valence-electron chi connectivity index (χ4n) is 1.18. The van der Waals surface area contributed by atoms with Crippen molar-refractivity contribution < 1.29 is 13.6 Å². The predicted molar refractivity (Wildman–Crippen MR) is 57.8 cm³/mol. The summed E-state index contributed by atoms with van der Waals surface area (Å²) in [6.45, 7) is 2.27. The third-order valence-corrected chi connectivity index (χ3v) is 1.96. The van der Waals surface area contributed by atoms with Gasteiger partial charge in [0.25, 0.3) is 5.91 Å². The Bertz CT molecular complexity index is 460. The minimum Gasteiger partial charge on any atom is -0.352 e. The summed E-state index contributed by atoms with van der Waals surface area (Å²) in [4.78, 5) is 13.7. The fraction of sp³-hybridized carbons (Fsp3) is 0.300. The third kappa shape index (κ3) is 3.15. The van der Waals surface area contributed by atoms with Gasteiger partial charge in [0.2, 0.25) is 0 Å². The zero-order valence-corrected chi connectivity index (χ0v) is 9.07. The van der Waals surface area contributed by atoms with Gasteiger partial charge < -0.3 is 5.32 Å². The van der Waals surface area contributed by atoms with Crippen LogP contribution in [0.1, 0.15) is 23.7 Å². The maximum Gasteiger partial charge on any atom is 0.251 e. The molecule has 1 N–H and O–H groups in total. The maximum atomic E-state index is 13.3. The number of amides is 1. The Hall–Kier alpha value is -2.14. The van der Waals surface area contributed by atoms with Crippen molar-refractivity contribution in [2.24, 2.45) is 5.11 Å². The molecule has 0 aliphatic heterocycles. The van der Waals surface area contributed by atoms with E-state index in [1.807, 2.05) is 6.92 Å². The molecule has 5 nitrogen and oxygen atoms in total. The van der Waals surface area contributed by atoms with Crippen LogP contribution in [-0.4, -0.2) is 12.5 Å². The SMILES string of the molecule is CCCNC(=O)c1cc(F)c(N=[N+]=[N-])c(F)c1. The van der Waals surface area contributed by atoms with Crippen LogP contribution in [0.4, 0.5) is 14.5 Å². The lowest BCUT2D eigenvalue weighted by atomic mass is 10.1. The molecule has 0 unspecified atom stereocenters. The summed E-state index contributed by atoms with van der Waals surface area (Å²) < 4.78 is 26.6. The van der Waals surface area contributed by atoms with Gasteiger partial charge in [-0.05, 0) is 24.1 Å². The van der Waals surface area contributed by atoms with Gasteiger partial charge in [0.1, 0.15) is 17.3 Å². The van der Waals surface area contributed by atoms with Gasteiger partial charge >= 0.3 is 0 Å². The highest BCUT2D eigenvalue weighted by atomic mass is 19.1. The molecule has 0 fully saturated rings. The topological polar surface area (TPSA) is 77.9 Å². The van der Waals surface area contributed by atoms with Gasteiger partial charge in [-0.2, -0.15) is 0 Å². The number of azide groups is 1. The molecule has 17 heavy (non-hydrogen) atoms. The Kier molecular flexibility index (Phi) is 4.42. The lowest BCUT2D eigenvalue weighted by molar-refractivity contribution is 0.0953. The number of rotatable bonds is 4. The molecule has 1 aromatic rings. The molecule has 0 spiro atoms. The maximum absolute atomic E-state index is 13.3. The molecule has 7 heteroatoms. The highest BCUT2D eigenvalue weighted by molar-refractivity contribution is 5.94. The van der Waals surface area contributed by atoms with E-state index < -0.39 is 23.2 Å². The van der Waals surface area contributed by atoms with E-state index >= 15 is 0 Å². The van der Waals surface area contributed by atoms with Crippen LogP contribution in [0.5, 0.6) is 0 Å². The average Bonchev–Trinajstić information content (AvgIpc) is 2.30. The molecule has 0 radical (unpaired) electrons. The smallest absolute Gasteiger partial charge is 0.251 e. The van der Waals surface area contributed by atoms with E-state index in [0.29, 0.717) is 13.0 Å². The van der Waals surface area contributed by atoms with Crippen molar-refractivity contribution in [2.45, 2.75) is 13.3 Å². The molecule has 90 valence electrons. The molecule has 0 saturated heterocycles. The number of nitrogens with zero attached hydrogens (tertiary/aromatic N) is 3. The Morgan fingerprint density at radius 2 is 2.06 bits per heavy atom. The van der Waals surface area contributed by atoms with E-state index in [-0.39, 0.29) is 5.56 Å². The van der Waals surface area contributed by atoms with Gasteiger partial charge in [-0.3, -0.25) is 4.79 Å². The van der Waals surface area contributed by atoms with E-state index in [9.17, 15) is 13.6 Å². The first-order valence-corrected chi connectivity index (χ1v) is 4.92. The molecule has 1 aromatic carbocycles. The number of benzene rings is 1. The second kappa shape index (κ2) is 5.81. The lowest BCUT2D eigenvalue weighted by Gasteiger charge is -2.05. The molecule has 0 heterocycles. The largest absolute Gasteiger partial charge is 0.352 e. The van der Waals surface area contributed by atoms with Crippen LogP contribution in [-0.2, 0) is 0 Å². The minimum atomic E-state index is -1.07. The van der Waals surface area contributed by atoms with Crippen LogP contribution in [0.2, 0.25) is 0 Å². The van der Waals surface area contributed by atoms with Crippen molar-refractivity contribution in [1.82, 2.24) is 5.32 Å². The molecule has 0 aliphatic carbocycles. The molecule has 0 aromatic heterocycles. The van der Waals surface area contributed by atoms with E-state index in [4.69, 9.17) is 5.53 Å². The Morgan fingerprint density at radius 1 is 1.47 bits per heavy atom. The van der Waals surface area contributed by atoms with Gasteiger partial charge in [0.15, 0.2) is 0 Å². The standard InChI is InChI=1S/C10H10F2N4O/c1-2-3-14-10(17)6-4-7(11)9(15-16-13)8(12)5-6/h4-5H,2-3H2,1H3,(H,14,17). The number of carbonyl (C=O) groups is 1. The molecule has 1 rings (SSSR count). The normalized spacial score (nSPS) is 9.59. The third-order valence-electron chi connectivity index (χ3n) is 1.96. The van der Waals surface area contributed by atoms with Gasteiger partial charge in [0.05, 0.1) is 0 Å². The highest BCUT2D eigenvalue weighted by Gasteiger charge is 2.13. The second-order valence-corrected chi connectivity index (χ2v) is 3.23. The van der Waals surface area contributed by atoms with Crippen molar-refractivity contribution in [3.05, 3.63) is 39.8 Å². The Labute approximate surface area is 96.1 Å². The summed E-state index contributed by atoms with van der Waals surface area (Å²) in [5, 5.41) is 5.35. The van der Waals surface area contributed by atoms with E-state index in [1.54, 1.807) is 0 Å². The summed E-state index contributed by atoms with van der Waals surface area (Å²) in [6.07, 6.45) is 0.716. The zero-order valence-electron chi connectivity index (χ0n) is 9.07. The quantitative estimate of drug-likeness (QED) is 0.490. The zero-order chi connectivity index (χ0) is 12.8. The number of halogens is 2. The first kappa shape index (κ1) is 12.9. The van der Waals surface area contributed by atoms with Gasteiger partial charge in [-0.1, -0.05) is 12.0 Å². The molecule has 1 amide bonds. The lowest BCUT2D eigenvalue weighted by Crippen LogP contribution is -2.24. The molecular weight excluding hydrogens is 230 g/mol. The van der Waals surface area contributed by atoms with Crippen molar-refractivity contribution in [3.8, 4) is 0 Å². The van der Waals surface area contributed by atoms with E-state index in [1.165, 1.54) is 0 Å². The van der Waals surface area contributed by atoms with Crippen molar-refractivity contribution >= 4 is 11.6 Å². The summed E-state index contributed by atoms with van der Waals surface area (Å²) in [5.41, 5.74) is 7.22. The predicted octanol–water partition coefficient (Wildman–Crippen LogP) is 3.05. The first-order chi connectivity index (χ1) is 8.10. The van der Waals surface area contributed by atoms with Crippen LogP contribution >= 0.6 is 0 Å². The van der Waals surface area contributed by atoms with Crippen molar-refractivity contribution in [1.29, 1.82) is 0 Å². The molecule has 0 aliphatic rings. The summed E-state index contributed by atoms with van der Waals surface area (Å²) in [5.74, 6) is -2.70. The van der Waals surface area contributed by atoms with Crippen LogP contribution < -0.4 is 5.32 Å². The fourth-order valence-corrected chi connectivity index (χ4v) is 1.18. The number of carbonyl (C=O) groups excluding carboxylic acids is 1. The molecule has 0 atom stereocenters. The van der Waals surface area contributed by atoms with Gasteiger partial charge in [0, 0.05) is 17.0 Å². The van der Waals surface area contributed by atoms with Crippen molar-refractivity contribution in [2.75, 3.05) is 6.54 Å². The van der Waals surface area contributed by atoms with Crippen LogP contribution in [0.3, 0.4) is 0 Å². The Balaban J connectivity index is 3.05. The molecule has 0 saturated carbocycles. The molecular formula is C10H10F2N4O. The Morgan fingerprint density at radius 3 is 2.53 bits per heavy atom. The monoisotopic (exact) mass is 240 g/mol. The van der Waals surface area contributed by atoms with Crippen LogP contribution in [0, 0.1) is 11.6 Å². The van der Waals surface area contributed by atoms with E-state index in [0.717, 1.165) is 12.1 Å². The minimum absolute atomic E-state index is 0.148. The first-order valence-electron chi connectivity index (χ1n) is 4.92. The second-order valence-electron chi connectivity index (χ2n) is 3.23. The van der Waals surface area contributed by atoms with E-state index in [2.05, 4.69) is 15.3 Å². The highest BCUT2D eigenvalue weighted by Crippen LogP contribution is 2.23. The number of nitrogens with one attached hydrogen (secondary N) is 1. The summed E-state index contributed by atoms with van der Waals surface area (Å²) >= 11 is 0. The van der Waals surface area contributed by atoms with Gasteiger partial charge in [-0.25, -0.2) is 8.78 Å². The average molecular weight is 240 g/mol. The van der Waals surface area contributed by atoms with Crippen LogP contribution in [0.25, 0.3) is 10.4 Å². The summed E-state index contributed by atoms with van der Waals surface area (Å²) in [6, 6.07) is 1.66.